The van der Waals surface area contributed by atoms with E-state index in [0.717, 1.165) is 21.6 Å². The molecule has 0 aliphatic rings. The zero-order chi connectivity index (χ0) is 10.1. The summed E-state index contributed by atoms with van der Waals surface area (Å²) in [4.78, 5) is 4.61. The number of rotatable bonds is 2. The molecule has 0 radical (unpaired) electrons. The highest BCUT2D eigenvalue weighted by atomic mass is 35.5. The Morgan fingerprint density at radius 3 is 2.93 bits per heavy atom. The SMILES string of the molecule is Cn1c(CON)cc2cccc(Cl)c21. The van der Waals surface area contributed by atoms with E-state index in [-0.39, 0.29) is 0 Å². The number of halogens is 1. The van der Waals surface area contributed by atoms with Gasteiger partial charge in [-0.05, 0) is 12.1 Å². The molecule has 2 aromatic rings. The maximum absolute atomic E-state index is 6.08. The molecule has 0 aliphatic carbocycles. The Balaban J connectivity index is 2.68. The van der Waals surface area contributed by atoms with E-state index in [9.17, 15) is 0 Å². The Labute approximate surface area is 87.0 Å². The highest BCUT2D eigenvalue weighted by molar-refractivity contribution is 6.35. The van der Waals surface area contributed by atoms with Crippen molar-refractivity contribution in [2.75, 3.05) is 0 Å². The number of aryl methyl sites for hydroxylation is 1. The summed E-state index contributed by atoms with van der Waals surface area (Å²) >= 11 is 6.08. The van der Waals surface area contributed by atoms with Crippen molar-refractivity contribution in [3.8, 4) is 0 Å². The molecule has 14 heavy (non-hydrogen) atoms. The third kappa shape index (κ3) is 1.39. The van der Waals surface area contributed by atoms with Gasteiger partial charge in [0.2, 0.25) is 0 Å². The average Bonchev–Trinajstić information content (AvgIpc) is 2.46. The molecular weight excluding hydrogens is 200 g/mol. The molecule has 0 atom stereocenters. The predicted molar refractivity (Wildman–Crippen MR) is 56.9 cm³/mol. The molecule has 0 amide bonds. The van der Waals surface area contributed by atoms with Crippen molar-refractivity contribution in [2.24, 2.45) is 12.9 Å². The van der Waals surface area contributed by atoms with Crippen molar-refractivity contribution in [3.05, 3.63) is 35.0 Å². The van der Waals surface area contributed by atoms with E-state index in [4.69, 9.17) is 17.5 Å². The van der Waals surface area contributed by atoms with Gasteiger partial charge in [-0.3, -0.25) is 4.84 Å². The largest absolute Gasteiger partial charge is 0.344 e. The molecule has 2 rings (SSSR count). The van der Waals surface area contributed by atoms with Crippen LogP contribution in [0.2, 0.25) is 5.02 Å². The average molecular weight is 211 g/mol. The van der Waals surface area contributed by atoms with Crippen LogP contribution in [0.3, 0.4) is 0 Å². The topological polar surface area (TPSA) is 40.2 Å². The van der Waals surface area contributed by atoms with Crippen LogP contribution in [0.15, 0.2) is 24.3 Å². The number of hydrogen-bond donors (Lipinski definition) is 1. The number of nitrogens with zero attached hydrogens (tertiary/aromatic N) is 1. The van der Waals surface area contributed by atoms with Crippen LogP contribution in [0, 0.1) is 0 Å². The quantitative estimate of drug-likeness (QED) is 0.773. The van der Waals surface area contributed by atoms with Gasteiger partial charge in [0.05, 0.1) is 10.5 Å². The van der Waals surface area contributed by atoms with E-state index in [2.05, 4.69) is 4.84 Å². The van der Waals surface area contributed by atoms with Crippen LogP contribution in [-0.4, -0.2) is 4.57 Å². The van der Waals surface area contributed by atoms with Crippen molar-refractivity contribution >= 4 is 22.5 Å². The molecule has 74 valence electrons. The van der Waals surface area contributed by atoms with Gasteiger partial charge in [0.25, 0.3) is 0 Å². The molecular formula is C10H11ClN2O. The number of aromatic nitrogens is 1. The monoisotopic (exact) mass is 210 g/mol. The number of hydrogen-bond acceptors (Lipinski definition) is 2. The van der Waals surface area contributed by atoms with Crippen LogP contribution in [0.1, 0.15) is 5.69 Å². The number of para-hydroxylation sites is 1. The summed E-state index contributed by atoms with van der Waals surface area (Å²) in [5, 5.41) is 1.85. The molecule has 2 N–H and O–H groups in total. The summed E-state index contributed by atoms with van der Waals surface area (Å²) in [6, 6.07) is 7.84. The molecule has 0 spiro atoms. The van der Waals surface area contributed by atoms with Crippen LogP contribution in [0.25, 0.3) is 10.9 Å². The summed E-state index contributed by atoms with van der Waals surface area (Å²) in [5.41, 5.74) is 2.02. The summed E-state index contributed by atoms with van der Waals surface area (Å²) in [7, 11) is 1.95. The Kier molecular flexibility index (Phi) is 2.46. The molecule has 1 aromatic carbocycles. The molecule has 1 aromatic heterocycles. The first kappa shape index (κ1) is 9.52. The highest BCUT2D eigenvalue weighted by Gasteiger charge is 2.07. The standard InChI is InChI=1S/C10H11ClN2O/c1-13-8(6-14-12)5-7-3-2-4-9(11)10(7)13/h2-5H,6,12H2,1H3. The first-order chi connectivity index (χ1) is 6.74. The molecule has 0 saturated carbocycles. The lowest BCUT2D eigenvalue weighted by Gasteiger charge is -2.02. The van der Waals surface area contributed by atoms with Crippen LogP contribution in [-0.2, 0) is 18.5 Å². The minimum absolute atomic E-state index is 0.390. The zero-order valence-electron chi connectivity index (χ0n) is 7.83. The third-order valence-electron chi connectivity index (χ3n) is 2.34. The van der Waals surface area contributed by atoms with Gasteiger partial charge in [-0.2, -0.15) is 0 Å². The van der Waals surface area contributed by atoms with Crippen LogP contribution >= 0.6 is 11.6 Å². The summed E-state index contributed by atoms with van der Waals surface area (Å²) in [5.74, 6) is 5.04. The van der Waals surface area contributed by atoms with Crippen molar-refractivity contribution in [2.45, 2.75) is 6.61 Å². The smallest absolute Gasteiger partial charge is 0.108 e. The van der Waals surface area contributed by atoms with Gasteiger partial charge in [-0.1, -0.05) is 23.7 Å². The molecule has 1 heterocycles. The van der Waals surface area contributed by atoms with E-state index in [0.29, 0.717) is 6.61 Å². The van der Waals surface area contributed by atoms with Crippen LogP contribution < -0.4 is 5.90 Å². The van der Waals surface area contributed by atoms with Gasteiger partial charge in [0, 0.05) is 18.1 Å². The lowest BCUT2D eigenvalue weighted by atomic mass is 10.2. The Morgan fingerprint density at radius 2 is 2.29 bits per heavy atom. The van der Waals surface area contributed by atoms with Crippen LogP contribution in [0.5, 0.6) is 0 Å². The van der Waals surface area contributed by atoms with Crippen LogP contribution in [0.4, 0.5) is 0 Å². The Morgan fingerprint density at radius 1 is 1.50 bits per heavy atom. The summed E-state index contributed by atoms with van der Waals surface area (Å²) < 4.78 is 1.99. The maximum atomic E-state index is 6.08. The lowest BCUT2D eigenvalue weighted by Crippen LogP contribution is -2.03. The summed E-state index contributed by atoms with van der Waals surface area (Å²) in [6.45, 7) is 0.390. The molecule has 0 fully saturated rings. The second kappa shape index (κ2) is 3.61. The Bertz CT molecular complexity index is 464. The molecule has 4 heteroatoms. The third-order valence-corrected chi connectivity index (χ3v) is 2.64. The molecule has 3 nitrogen and oxygen atoms in total. The van der Waals surface area contributed by atoms with Gasteiger partial charge in [-0.15, -0.1) is 0 Å². The fraction of sp³-hybridized carbons (Fsp3) is 0.200. The highest BCUT2D eigenvalue weighted by Crippen LogP contribution is 2.26. The molecule has 0 saturated heterocycles. The second-order valence-corrected chi connectivity index (χ2v) is 3.59. The normalized spacial score (nSPS) is 11.1. The zero-order valence-corrected chi connectivity index (χ0v) is 8.58. The van der Waals surface area contributed by atoms with Gasteiger partial charge in [0.15, 0.2) is 0 Å². The number of fused-ring (bicyclic) bond motifs is 1. The van der Waals surface area contributed by atoms with Crippen molar-refractivity contribution < 1.29 is 4.84 Å². The van der Waals surface area contributed by atoms with Gasteiger partial charge in [-0.25, -0.2) is 5.90 Å². The van der Waals surface area contributed by atoms with Gasteiger partial charge in [0.1, 0.15) is 6.61 Å². The molecule has 0 bridgehead atoms. The van der Waals surface area contributed by atoms with E-state index in [1.807, 2.05) is 35.9 Å². The van der Waals surface area contributed by atoms with Crippen molar-refractivity contribution in [1.29, 1.82) is 0 Å². The first-order valence-electron chi connectivity index (χ1n) is 4.28. The van der Waals surface area contributed by atoms with Crippen molar-refractivity contribution in [1.82, 2.24) is 4.57 Å². The van der Waals surface area contributed by atoms with Crippen molar-refractivity contribution in [3.63, 3.8) is 0 Å². The fourth-order valence-electron chi connectivity index (χ4n) is 1.65. The van der Waals surface area contributed by atoms with Gasteiger partial charge < -0.3 is 4.57 Å². The number of benzene rings is 1. The minimum Gasteiger partial charge on any atom is -0.344 e. The molecule has 0 unspecified atom stereocenters. The van der Waals surface area contributed by atoms with E-state index in [1.165, 1.54) is 0 Å². The lowest BCUT2D eigenvalue weighted by molar-refractivity contribution is 0.119. The second-order valence-electron chi connectivity index (χ2n) is 3.18. The maximum Gasteiger partial charge on any atom is 0.108 e. The van der Waals surface area contributed by atoms with E-state index < -0.39 is 0 Å². The fourth-order valence-corrected chi connectivity index (χ4v) is 1.95. The Hall–Kier alpha value is -1.03. The molecule has 0 aliphatic heterocycles. The first-order valence-corrected chi connectivity index (χ1v) is 4.66. The minimum atomic E-state index is 0.390. The predicted octanol–water partition coefficient (Wildman–Crippen LogP) is 2.22. The van der Waals surface area contributed by atoms with E-state index in [1.54, 1.807) is 0 Å². The summed E-state index contributed by atoms with van der Waals surface area (Å²) in [6.07, 6.45) is 0. The number of nitrogens with two attached hydrogens (primary N) is 1. The van der Waals surface area contributed by atoms with E-state index >= 15 is 0 Å². The van der Waals surface area contributed by atoms with Gasteiger partial charge >= 0.3 is 0 Å².